The summed E-state index contributed by atoms with van der Waals surface area (Å²) in [6.07, 6.45) is 4.15. The third-order valence-corrected chi connectivity index (χ3v) is 4.97. The van der Waals surface area contributed by atoms with Gasteiger partial charge in [-0.15, -0.1) is 0 Å². The van der Waals surface area contributed by atoms with Crippen molar-refractivity contribution in [3.8, 4) is 11.3 Å². The summed E-state index contributed by atoms with van der Waals surface area (Å²) in [4.78, 5) is 12.2. The van der Waals surface area contributed by atoms with Gasteiger partial charge in [0, 0.05) is 27.4 Å². The molecule has 0 saturated carbocycles. The van der Waals surface area contributed by atoms with Crippen molar-refractivity contribution < 1.29 is 9.21 Å². The zero-order valence-corrected chi connectivity index (χ0v) is 17.2. The van der Waals surface area contributed by atoms with Crippen LogP contribution in [0.4, 0.5) is 5.69 Å². The minimum Gasteiger partial charge on any atom is -0.457 e. The first-order valence-corrected chi connectivity index (χ1v) is 9.85. The number of anilines is 1. The van der Waals surface area contributed by atoms with Crippen molar-refractivity contribution in [2.45, 2.75) is 26.2 Å². The lowest BCUT2D eigenvalue weighted by Gasteiger charge is -2.09. The fourth-order valence-corrected chi connectivity index (χ4v) is 3.29. The van der Waals surface area contributed by atoms with Gasteiger partial charge in [0.2, 0.25) is 5.91 Å². The molecule has 3 aromatic rings. The van der Waals surface area contributed by atoms with Gasteiger partial charge in [-0.2, -0.15) is 0 Å². The largest absolute Gasteiger partial charge is 0.457 e. The highest BCUT2D eigenvalue weighted by atomic mass is 35.5. The van der Waals surface area contributed by atoms with Crippen molar-refractivity contribution in [3.63, 3.8) is 0 Å². The molecule has 0 radical (unpaired) electrons. The first-order chi connectivity index (χ1) is 13.4. The Balaban J connectivity index is 1.64. The topological polar surface area (TPSA) is 42.2 Å². The van der Waals surface area contributed by atoms with E-state index < -0.39 is 0 Å². The van der Waals surface area contributed by atoms with Gasteiger partial charge in [0.15, 0.2) is 0 Å². The zero-order chi connectivity index (χ0) is 20.1. The van der Waals surface area contributed by atoms with Crippen molar-refractivity contribution in [2.24, 2.45) is 0 Å². The van der Waals surface area contributed by atoms with E-state index >= 15 is 0 Å². The molecule has 0 spiro atoms. The summed E-state index contributed by atoms with van der Waals surface area (Å²) in [5.74, 6) is 1.48. The molecular weight excluding hydrogens is 393 g/mol. The van der Waals surface area contributed by atoms with Crippen molar-refractivity contribution in [1.29, 1.82) is 0 Å². The first-order valence-electron chi connectivity index (χ1n) is 9.10. The number of hydrogen-bond acceptors (Lipinski definition) is 2. The van der Waals surface area contributed by atoms with E-state index in [1.54, 1.807) is 30.3 Å². The maximum atomic E-state index is 12.2. The maximum absolute atomic E-state index is 12.2. The first kappa shape index (κ1) is 20.2. The quantitative estimate of drug-likeness (QED) is 0.427. The second-order valence-electron chi connectivity index (χ2n) is 6.61. The molecule has 1 atom stereocenters. The van der Waals surface area contributed by atoms with E-state index in [1.165, 1.54) is 11.6 Å². The van der Waals surface area contributed by atoms with Gasteiger partial charge < -0.3 is 9.73 Å². The Morgan fingerprint density at radius 3 is 2.39 bits per heavy atom. The summed E-state index contributed by atoms with van der Waals surface area (Å²) in [5, 5.41) is 3.92. The molecule has 0 aliphatic carbocycles. The summed E-state index contributed by atoms with van der Waals surface area (Å²) >= 11 is 12.1. The Morgan fingerprint density at radius 2 is 1.75 bits per heavy atom. The molecule has 5 heteroatoms. The minimum absolute atomic E-state index is 0.222. The number of hydrogen-bond donors (Lipinski definition) is 1. The van der Waals surface area contributed by atoms with Crippen molar-refractivity contribution in [1.82, 2.24) is 0 Å². The monoisotopic (exact) mass is 413 g/mol. The fraction of sp³-hybridized carbons (Fsp3) is 0.174. The smallest absolute Gasteiger partial charge is 0.248 e. The summed E-state index contributed by atoms with van der Waals surface area (Å²) in [6.45, 7) is 4.34. The van der Waals surface area contributed by atoms with Gasteiger partial charge in [-0.1, -0.05) is 49.2 Å². The van der Waals surface area contributed by atoms with E-state index in [4.69, 9.17) is 27.6 Å². The van der Waals surface area contributed by atoms with Crippen LogP contribution in [0.5, 0.6) is 0 Å². The van der Waals surface area contributed by atoms with Crippen LogP contribution < -0.4 is 5.32 Å². The van der Waals surface area contributed by atoms with E-state index in [2.05, 4.69) is 19.2 Å². The highest BCUT2D eigenvalue weighted by Gasteiger charge is 2.07. The molecular formula is C23H21Cl2NO2. The predicted octanol–water partition coefficient (Wildman–Crippen LogP) is 7.42. The van der Waals surface area contributed by atoms with Gasteiger partial charge in [-0.25, -0.2) is 0 Å². The number of rotatable bonds is 6. The van der Waals surface area contributed by atoms with Gasteiger partial charge in [0.25, 0.3) is 0 Å². The van der Waals surface area contributed by atoms with Crippen LogP contribution in [0.25, 0.3) is 17.4 Å². The fourth-order valence-electron chi connectivity index (χ4n) is 2.77. The van der Waals surface area contributed by atoms with Gasteiger partial charge >= 0.3 is 0 Å². The molecule has 1 heterocycles. The SMILES string of the molecule is CCC(C)c1ccc(NC(=O)C=Cc2ccc(-c3cc(Cl)cc(Cl)c3)o2)cc1. The van der Waals surface area contributed by atoms with Crippen LogP contribution in [-0.2, 0) is 4.79 Å². The third kappa shape index (κ3) is 5.28. The second-order valence-corrected chi connectivity index (χ2v) is 7.49. The van der Waals surface area contributed by atoms with Crippen LogP contribution in [-0.4, -0.2) is 5.91 Å². The van der Waals surface area contributed by atoms with Crippen LogP contribution in [0.1, 0.15) is 37.5 Å². The Bertz CT molecular complexity index is 970. The molecule has 144 valence electrons. The Hall–Kier alpha value is -2.49. The Kier molecular flexibility index (Phi) is 6.61. The molecule has 3 rings (SSSR count). The average molecular weight is 414 g/mol. The normalized spacial score (nSPS) is 12.3. The Labute approximate surface area is 175 Å². The standard InChI is InChI=1S/C23H21Cl2NO2/c1-3-15(2)16-4-6-20(7-5-16)26-23(27)11-9-21-8-10-22(28-21)17-12-18(24)14-19(25)13-17/h4-15H,3H2,1-2H3,(H,26,27). The average Bonchev–Trinajstić information content (AvgIpc) is 3.15. The Morgan fingerprint density at radius 1 is 1.07 bits per heavy atom. The third-order valence-electron chi connectivity index (χ3n) is 4.53. The number of halogens is 2. The molecule has 0 fully saturated rings. The molecule has 2 aromatic carbocycles. The van der Waals surface area contributed by atoms with E-state index in [1.807, 2.05) is 30.3 Å². The molecule has 0 aliphatic rings. The number of nitrogens with one attached hydrogen (secondary N) is 1. The van der Waals surface area contributed by atoms with Gasteiger partial charge in [0.05, 0.1) is 0 Å². The van der Waals surface area contributed by atoms with Crippen LogP contribution in [0, 0.1) is 0 Å². The van der Waals surface area contributed by atoms with Crippen LogP contribution in [0.3, 0.4) is 0 Å². The van der Waals surface area contributed by atoms with Crippen molar-refractivity contribution >= 4 is 40.9 Å². The van der Waals surface area contributed by atoms with Crippen molar-refractivity contribution in [3.05, 3.63) is 82.0 Å². The van der Waals surface area contributed by atoms with Crippen molar-refractivity contribution in [2.75, 3.05) is 5.32 Å². The number of furan rings is 1. The van der Waals surface area contributed by atoms with Gasteiger partial charge in [-0.05, 0) is 66.4 Å². The van der Waals surface area contributed by atoms with Gasteiger partial charge in [-0.3, -0.25) is 4.79 Å². The molecule has 1 aromatic heterocycles. The van der Waals surface area contributed by atoms with Crippen LogP contribution in [0.2, 0.25) is 10.0 Å². The second kappa shape index (κ2) is 9.13. The lowest BCUT2D eigenvalue weighted by molar-refractivity contribution is -0.111. The number of carbonyl (C=O) groups excluding carboxylic acids is 1. The minimum atomic E-state index is -0.222. The van der Waals surface area contributed by atoms with Crippen LogP contribution in [0.15, 0.2) is 65.1 Å². The molecule has 0 saturated heterocycles. The molecule has 28 heavy (non-hydrogen) atoms. The molecule has 1 unspecified atom stereocenters. The summed E-state index contributed by atoms with van der Waals surface area (Å²) in [5.41, 5.74) is 2.80. The lowest BCUT2D eigenvalue weighted by atomic mass is 9.99. The van der Waals surface area contributed by atoms with E-state index in [9.17, 15) is 4.79 Å². The highest BCUT2D eigenvalue weighted by Crippen LogP contribution is 2.29. The molecule has 3 nitrogen and oxygen atoms in total. The molecule has 1 N–H and O–H groups in total. The highest BCUT2D eigenvalue weighted by molar-refractivity contribution is 6.35. The molecule has 0 bridgehead atoms. The maximum Gasteiger partial charge on any atom is 0.248 e. The number of benzene rings is 2. The van der Waals surface area contributed by atoms with Crippen LogP contribution >= 0.6 is 23.2 Å². The molecule has 0 aliphatic heterocycles. The summed E-state index contributed by atoms with van der Waals surface area (Å²) in [6, 6.07) is 16.7. The van der Waals surface area contributed by atoms with E-state index in [0.717, 1.165) is 17.7 Å². The number of carbonyl (C=O) groups is 1. The van der Waals surface area contributed by atoms with E-state index in [-0.39, 0.29) is 5.91 Å². The predicted molar refractivity (Wildman–Crippen MR) is 117 cm³/mol. The van der Waals surface area contributed by atoms with Gasteiger partial charge in [0.1, 0.15) is 11.5 Å². The van der Waals surface area contributed by atoms with E-state index in [0.29, 0.717) is 27.5 Å². The lowest BCUT2D eigenvalue weighted by Crippen LogP contribution is -2.07. The molecule has 1 amide bonds. The summed E-state index contributed by atoms with van der Waals surface area (Å²) in [7, 11) is 0. The summed E-state index contributed by atoms with van der Waals surface area (Å²) < 4.78 is 5.75. The zero-order valence-electron chi connectivity index (χ0n) is 15.7. The number of amides is 1.